The Balaban J connectivity index is 2.14. The summed E-state index contributed by atoms with van der Waals surface area (Å²) in [5.74, 6) is 0.0982. The van der Waals surface area contributed by atoms with E-state index in [0.29, 0.717) is 13.0 Å². The van der Waals surface area contributed by atoms with Gasteiger partial charge < -0.3 is 15.1 Å². The normalized spacial score (nSPS) is 25.4. The van der Waals surface area contributed by atoms with Crippen LogP contribution < -0.4 is 0 Å². The second-order valence-electron chi connectivity index (χ2n) is 4.18. The van der Waals surface area contributed by atoms with E-state index in [4.69, 9.17) is 5.11 Å². The number of β-amino-alcohol motifs (C(OH)–C–C–N with tert-alkyl or cyclic N) is 1. The van der Waals surface area contributed by atoms with Crippen LogP contribution in [-0.2, 0) is 0 Å². The maximum atomic E-state index is 10.9. The summed E-state index contributed by atoms with van der Waals surface area (Å²) in [6, 6.07) is 9.74. The maximum absolute atomic E-state index is 10.9. The number of nitrogens with zero attached hydrogens (tertiary/aromatic N) is 1. The molecule has 0 spiro atoms. The monoisotopic (exact) mass is 221 g/mol. The lowest BCUT2D eigenvalue weighted by Crippen LogP contribution is -2.44. The predicted octanol–water partition coefficient (Wildman–Crippen LogP) is 1.51. The average Bonchev–Trinajstić information content (AvgIpc) is 2.29. The van der Waals surface area contributed by atoms with Crippen molar-refractivity contribution in [3.63, 3.8) is 0 Å². The molecule has 0 unspecified atom stereocenters. The number of aliphatic hydroxyl groups is 1. The van der Waals surface area contributed by atoms with Crippen molar-refractivity contribution in [3.05, 3.63) is 35.9 Å². The fourth-order valence-corrected chi connectivity index (χ4v) is 2.20. The number of carbonyl (C=O) groups is 1. The van der Waals surface area contributed by atoms with Gasteiger partial charge in [0.05, 0.1) is 6.10 Å². The standard InChI is InChI=1S/C12H15NO3/c14-11-6-10(7-13(8-11)12(15)16)9-4-2-1-3-5-9/h1-5,10-11,14H,6-8H2,(H,15,16)/t10-,11-/m1/s1. The van der Waals surface area contributed by atoms with E-state index in [1.807, 2.05) is 30.3 Å². The van der Waals surface area contributed by atoms with Gasteiger partial charge in [-0.3, -0.25) is 0 Å². The van der Waals surface area contributed by atoms with Crippen LogP contribution in [0.25, 0.3) is 0 Å². The molecule has 1 amide bonds. The summed E-state index contributed by atoms with van der Waals surface area (Å²) in [5, 5.41) is 18.6. The van der Waals surface area contributed by atoms with Crippen molar-refractivity contribution < 1.29 is 15.0 Å². The van der Waals surface area contributed by atoms with Gasteiger partial charge in [0.2, 0.25) is 0 Å². The minimum atomic E-state index is -0.959. The van der Waals surface area contributed by atoms with Crippen LogP contribution >= 0.6 is 0 Å². The molecule has 1 fully saturated rings. The largest absolute Gasteiger partial charge is 0.465 e. The zero-order chi connectivity index (χ0) is 11.5. The molecule has 2 atom stereocenters. The van der Waals surface area contributed by atoms with Gasteiger partial charge in [0.1, 0.15) is 0 Å². The first-order valence-electron chi connectivity index (χ1n) is 5.37. The van der Waals surface area contributed by atoms with E-state index in [-0.39, 0.29) is 12.5 Å². The number of hydrogen-bond donors (Lipinski definition) is 2. The quantitative estimate of drug-likeness (QED) is 0.755. The first-order valence-corrected chi connectivity index (χ1v) is 5.37. The molecule has 1 aromatic carbocycles. The van der Waals surface area contributed by atoms with Crippen molar-refractivity contribution in [2.75, 3.05) is 13.1 Å². The molecule has 86 valence electrons. The van der Waals surface area contributed by atoms with Crippen molar-refractivity contribution in [2.24, 2.45) is 0 Å². The molecule has 1 aliphatic heterocycles. The van der Waals surface area contributed by atoms with Gasteiger partial charge >= 0.3 is 6.09 Å². The molecular weight excluding hydrogens is 206 g/mol. The van der Waals surface area contributed by atoms with Gasteiger partial charge in [-0.2, -0.15) is 0 Å². The predicted molar refractivity (Wildman–Crippen MR) is 59.4 cm³/mol. The summed E-state index contributed by atoms with van der Waals surface area (Å²) in [6.07, 6.45) is -0.886. The highest BCUT2D eigenvalue weighted by atomic mass is 16.4. The van der Waals surface area contributed by atoms with Crippen LogP contribution in [0.1, 0.15) is 17.9 Å². The Kier molecular flexibility index (Phi) is 3.10. The molecule has 1 aliphatic rings. The highest BCUT2D eigenvalue weighted by molar-refractivity contribution is 5.65. The topological polar surface area (TPSA) is 60.8 Å². The second-order valence-corrected chi connectivity index (χ2v) is 4.18. The summed E-state index contributed by atoms with van der Waals surface area (Å²) in [7, 11) is 0. The van der Waals surface area contributed by atoms with E-state index in [1.165, 1.54) is 4.90 Å². The summed E-state index contributed by atoms with van der Waals surface area (Å²) in [5.41, 5.74) is 1.09. The summed E-state index contributed by atoms with van der Waals surface area (Å²) in [4.78, 5) is 12.2. The molecule has 2 N–H and O–H groups in total. The molecule has 1 aromatic rings. The van der Waals surface area contributed by atoms with Gasteiger partial charge in [0, 0.05) is 19.0 Å². The van der Waals surface area contributed by atoms with Crippen LogP contribution in [0.4, 0.5) is 4.79 Å². The van der Waals surface area contributed by atoms with E-state index in [9.17, 15) is 9.90 Å². The van der Waals surface area contributed by atoms with Gasteiger partial charge in [-0.05, 0) is 12.0 Å². The van der Waals surface area contributed by atoms with Gasteiger partial charge in [-0.25, -0.2) is 4.79 Å². The second kappa shape index (κ2) is 4.53. The van der Waals surface area contributed by atoms with Crippen LogP contribution in [0.5, 0.6) is 0 Å². The number of piperidine rings is 1. The fourth-order valence-electron chi connectivity index (χ4n) is 2.20. The Bertz CT molecular complexity index is 366. The van der Waals surface area contributed by atoms with Gasteiger partial charge in [-0.1, -0.05) is 30.3 Å². The molecule has 0 aliphatic carbocycles. The lowest BCUT2D eigenvalue weighted by atomic mass is 9.89. The minimum Gasteiger partial charge on any atom is -0.465 e. The lowest BCUT2D eigenvalue weighted by molar-refractivity contribution is 0.0565. The Morgan fingerprint density at radius 3 is 2.56 bits per heavy atom. The van der Waals surface area contributed by atoms with Gasteiger partial charge in [-0.15, -0.1) is 0 Å². The third-order valence-corrected chi connectivity index (χ3v) is 2.97. The number of rotatable bonds is 1. The first kappa shape index (κ1) is 11.0. The van der Waals surface area contributed by atoms with Crippen molar-refractivity contribution in [3.8, 4) is 0 Å². The van der Waals surface area contributed by atoms with Crippen molar-refractivity contribution in [1.82, 2.24) is 4.90 Å². The number of carboxylic acid groups (broad SMARTS) is 1. The molecule has 16 heavy (non-hydrogen) atoms. The van der Waals surface area contributed by atoms with E-state index < -0.39 is 12.2 Å². The average molecular weight is 221 g/mol. The lowest BCUT2D eigenvalue weighted by Gasteiger charge is -2.34. The molecule has 1 heterocycles. The van der Waals surface area contributed by atoms with Crippen LogP contribution in [0.15, 0.2) is 30.3 Å². The molecular formula is C12H15NO3. The third kappa shape index (κ3) is 2.33. The molecule has 0 bridgehead atoms. The number of aliphatic hydroxyl groups excluding tert-OH is 1. The molecule has 4 heteroatoms. The van der Waals surface area contributed by atoms with Crippen molar-refractivity contribution in [2.45, 2.75) is 18.4 Å². The zero-order valence-electron chi connectivity index (χ0n) is 8.91. The highest BCUT2D eigenvalue weighted by Crippen LogP contribution is 2.26. The molecule has 0 aromatic heterocycles. The molecule has 4 nitrogen and oxygen atoms in total. The van der Waals surface area contributed by atoms with Crippen LogP contribution in [-0.4, -0.2) is 40.4 Å². The summed E-state index contributed by atoms with van der Waals surface area (Å²) in [6.45, 7) is 0.690. The molecule has 2 rings (SSSR count). The number of benzene rings is 1. The van der Waals surface area contributed by atoms with Crippen molar-refractivity contribution in [1.29, 1.82) is 0 Å². The number of likely N-dealkylation sites (tertiary alicyclic amines) is 1. The maximum Gasteiger partial charge on any atom is 0.407 e. The van der Waals surface area contributed by atoms with Crippen LogP contribution in [0, 0.1) is 0 Å². The van der Waals surface area contributed by atoms with E-state index in [0.717, 1.165) is 5.56 Å². The van der Waals surface area contributed by atoms with Crippen LogP contribution in [0.3, 0.4) is 0 Å². The van der Waals surface area contributed by atoms with Crippen LogP contribution in [0.2, 0.25) is 0 Å². The first-order chi connectivity index (χ1) is 7.66. The molecule has 1 saturated heterocycles. The van der Waals surface area contributed by atoms with E-state index in [1.54, 1.807) is 0 Å². The highest BCUT2D eigenvalue weighted by Gasteiger charge is 2.29. The summed E-state index contributed by atoms with van der Waals surface area (Å²) < 4.78 is 0. The molecule has 0 radical (unpaired) electrons. The number of amides is 1. The Hall–Kier alpha value is -1.55. The SMILES string of the molecule is O=C(O)N1C[C@H](O)C[C@@H](c2ccccc2)C1. The Labute approximate surface area is 94.1 Å². The van der Waals surface area contributed by atoms with Gasteiger partial charge in [0.15, 0.2) is 0 Å². The molecule has 0 saturated carbocycles. The zero-order valence-corrected chi connectivity index (χ0v) is 8.91. The Morgan fingerprint density at radius 2 is 1.94 bits per heavy atom. The minimum absolute atomic E-state index is 0.0982. The smallest absolute Gasteiger partial charge is 0.407 e. The fraction of sp³-hybridized carbons (Fsp3) is 0.417. The third-order valence-electron chi connectivity index (χ3n) is 2.97. The van der Waals surface area contributed by atoms with Crippen molar-refractivity contribution >= 4 is 6.09 Å². The Morgan fingerprint density at radius 1 is 1.25 bits per heavy atom. The number of hydrogen-bond acceptors (Lipinski definition) is 2. The summed E-state index contributed by atoms with van der Waals surface area (Å²) >= 11 is 0. The van der Waals surface area contributed by atoms with E-state index in [2.05, 4.69) is 0 Å². The van der Waals surface area contributed by atoms with E-state index >= 15 is 0 Å². The van der Waals surface area contributed by atoms with Gasteiger partial charge in [0.25, 0.3) is 0 Å².